The van der Waals surface area contributed by atoms with Crippen LogP contribution in [0.5, 0.6) is 0 Å². The summed E-state index contributed by atoms with van der Waals surface area (Å²) < 4.78 is 1.73. The second kappa shape index (κ2) is 7.22. The Balaban J connectivity index is 1.81. The Bertz CT molecular complexity index is 981. The predicted molar refractivity (Wildman–Crippen MR) is 106 cm³/mol. The second-order valence-electron chi connectivity index (χ2n) is 7.10. The highest BCUT2D eigenvalue weighted by atomic mass is 35.5. The molecule has 1 aliphatic heterocycles. The SMILES string of the molecule is CN1CCCC(n2nc(Cc3ccc(Cl)cc3)c3ccccc3c2=O)C1. The van der Waals surface area contributed by atoms with Crippen molar-refractivity contribution in [1.29, 1.82) is 0 Å². The van der Waals surface area contributed by atoms with Crippen molar-refractivity contribution < 1.29 is 0 Å². The molecular formula is C21H22ClN3O. The Hall–Kier alpha value is -2.17. The van der Waals surface area contributed by atoms with Gasteiger partial charge < -0.3 is 4.90 Å². The molecule has 1 aliphatic rings. The highest BCUT2D eigenvalue weighted by Gasteiger charge is 2.22. The monoisotopic (exact) mass is 367 g/mol. The molecule has 4 rings (SSSR count). The van der Waals surface area contributed by atoms with Gasteiger partial charge in [0.2, 0.25) is 0 Å². The molecular weight excluding hydrogens is 346 g/mol. The molecule has 2 aromatic carbocycles. The molecule has 3 aromatic rings. The van der Waals surface area contributed by atoms with Crippen LogP contribution in [0.1, 0.15) is 30.1 Å². The summed E-state index contributed by atoms with van der Waals surface area (Å²) >= 11 is 6.01. The molecule has 0 aliphatic carbocycles. The summed E-state index contributed by atoms with van der Waals surface area (Å²) in [5, 5.41) is 7.23. The molecule has 26 heavy (non-hydrogen) atoms. The average Bonchev–Trinajstić information content (AvgIpc) is 2.66. The summed E-state index contributed by atoms with van der Waals surface area (Å²) in [7, 11) is 2.10. The van der Waals surface area contributed by atoms with Crippen molar-refractivity contribution >= 4 is 22.4 Å². The molecule has 0 spiro atoms. The molecule has 2 heterocycles. The quantitative estimate of drug-likeness (QED) is 0.704. The first-order valence-corrected chi connectivity index (χ1v) is 9.43. The van der Waals surface area contributed by atoms with Gasteiger partial charge in [-0.15, -0.1) is 0 Å². The molecule has 134 valence electrons. The molecule has 1 fully saturated rings. The van der Waals surface area contributed by atoms with Gasteiger partial charge in [0.15, 0.2) is 0 Å². The van der Waals surface area contributed by atoms with E-state index >= 15 is 0 Å². The van der Waals surface area contributed by atoms with Crippen molar-refractivity contribution in [3.63, 3.8) is 0 Å². The number of likely N-dealkylation sites (tertiary alicyclic amines) is 1. The van der Waals surface area contributed by atoms with E-state index in [2.05, 4.69) is 11.9 Å². The van der Waals surface area contributed by atoms with E-state index in [1.165, 1.54) is 0 Å². The first-order valence-electron chi connectivity index (χ1n) is 9.05. The minimum Gasteiger partial charge on any atom is -0.304 e. The zero-order chi connectivity index (χ0) is 18.1. The Kier molecular flexibility index (Phi) is 4.79. The Morgan fingerprint density at radius 1 is 1.12 bits per heavy atom. The van der Waals surface area contributed by atoms with Crippen LogP contribution in [0.2, 0.25) is 5.02 Å². The summed E-state index contributed by atoms with van der Waals surface area (Å²) in [6, 6.07) is 15.7. The van der Waals surface area contributed by atoms with Crippen molar-refractivity contribution in [2.75, 3.05) is 20.1 Å². The molecule has 1 aromatic heterocycles. The summed E-state index contributed by atoms with van der Waals surface area (Å²) in [6.45, 7) is 1.95. The number of halogens is 1. The molecule has 1 unspecified atom stereocenters. The van der Waals surface area contributed by atoms with Crippen LogP contribution in [0.4, 0.5) is 0 Å². The van der Waals surface area contributed by atoms with Crippen molar-refractivity contribution in [2.24, 2.45) is 0 Å². The maximum Gasteiger partial charge on any atom is 0.274 e. The van der Waals surface area contributed by atoms with Crippen LogP contribution in [0, 0.1) is 0 Å². The smallest absolute Gasteiger partial charge is 0.274 e. The molecule has 5 heteroatoms. The van der Waals surface area contributed by atoms with E-state index in [0.29, 0.717) is 6.42 Å². The summed E-state index contributed by atoms with van der Waals surface area (Å²) in [4.78, 5) is 15.3. The van der Waals surface area contributed by atoms with Crippen molar-refractivity contribution in [3.05, 3.63) is 75.2 Å². The maximum atomic E-state index is 13.0. The molecule has 0 amide bonds. The summed E-state index contributed by atoms with van der Waals surface area (Å²) in [5.41, 5.74) is 2.09. The lowest BCUT2D eigenvalue weighted by Gasteiger charge is -2.30. The molecule has 0 radical (unpaired) electrons. The van der Waals surface area contributed by atoms with Gasteiger partial charge in [0, 0.05) is 23.4 Å². The van der Waals surface area contributed by atoms with Gasteiger partial charge in [-0.05, 0) is 50.2 Å². The van der Waals surface area contributed by atoms with Crippen molar-refractivity contribution in [3.8, 4) is 0 Å². The van der Waals surface area contributed by atoms with E-state index in [4.69, 9.17) is 16.7 Å². The molecule has 0 bridgehead atoms. The van der Waals surface area contributed by atoms with E-state index in [1.54, 1.807) is 4.68 Å². The second-order valence-corrected chi connectivity index (χ2v) is 7.54. The fraction of sp³-hybridized carbons (Fsp3) is 0.333. The maximum absolute atomic E-state index is 13.0. The fourth-order valence-electron chi connectivity index (χ4n) is 3.79. The standard InChI is InChI=1S/C21H22ClN3O/c1-24-12-4-5-17(14-24)25-21(26)19-7-3-2-6-18(19)20(23-25)13-15-8-10-16(22)11-9-15/h2-3,6-11,17H,4-5,12-14H2,1H3. The third-order valence-electron chi connectivity index (χ3n) is 5.14. The van der Waals surface area contributed by atoms with Gasteiger partial charge in [-0.25, -0.2) is 4.68 Å². The van der Waals surface area contributed by atoms with Crippen LogP contribution >= 0.6 is 11.6 Å². The summed E-state index contributed by atoms with van der Waals surface area (Å²) in [6.07, 6.45) is 2.77. The van der Waals surface area contributed by atoms with E-state index in [-0.39, 0.29) is 11.6 Å². The molecule has 1 atom stereocenters. The number of aromatic nitrogens is 2. The zero-order valence-corrected chi connectivity index (χ0v) is 15.6. The van der Waals surface area contributed by atoms with E-state index in [9.17, 15) is 4.79 Å². The number of rotatable bonds is 3. The lowest BCUT2D eigenvalue weighted by atomic mass is 10.0. The molecule has 0 saturated carbocycles. The van der Waals surface area contributed by atoms with Gasteiger partial charge in [-0.3, -0.25) is 4.79 Å². The first-order chi connectivity index (χ1) is 12.6. The number of benzene rings is 2. The number of hydrogen-bond acceptors (Lipinski definition) is 3. The Morgan fingerprint density at radius 2 is 1.85 bits per heavy atom. The Labute approximate surface area is 158 Å². The third kappa shape index (κ3) is 3.39. The van der Waals surface area contributed by atoms with Gasteiger partial charge in [0.25, 0.3) is 5.56 Å². The van der Waals surface area contributed by atoms with Crippen LogP contribution in [0.25, 0.3) is 10.8 Å². The van der Waals surface area contributed by atoms with Gasteiger partial charge in [0.05, 0.1) is 17.1 Å². The van der Waals surface area contributed by atoms with Gasteiger partial charge in [0.1, 0.15) is 0 Å². The number of likely N-dealkylation sites (N-methyl/N-ethyl adjacent to an activating group) is 1. The number of hydrogen-bond donors (Lipinski definition) is 0. The van der Waals surface area contributed by atoms with Crippen LogP contribution < -0.4 is 5.56 Å². The largest absolute Gasteiger partial charge is 0.304 e. The topological polar surface area (TPSA) is 38.1 Å². The highest BCUT2D eigenvalue weighted by molar-refractivity contribution is 6.30. The third-order valence-corrected chi connectivity index (χ3v) is 5.39. The van der Waals surface area contributed by atoms with E-state index in [0.717, 1.165) is 53.0 Å². The number of nitrogens with zero attached hydrogens (tertiary/aromatic N) is 3. The van der Waals surface area contributed by atoms with Crippen LogP contribution in [0.3, 0.4) is 0 Å². The van der Waals surface area contributed by atoms with Crippen LogP contribution in [-0.2, 0) is 6.42 Å². The van der Waals surface area contributed by atoms with E-state index < -0.39 is 0 Å². The van der Waals surface area contributed by atoms with Gasteiger partial charge in [-0.2, -0.15) is 5.10 Å². The number of fused-ring (bicyclic) bond motifs is 1. The van der Waals surface area contributed by atoms with Gasteiger partial charge >= 0.3 is 0 Å². The predicted octanol–water partition coefficient (Wildman–Crippen LogP) is 3.91. The fourth-order valence-corrected chi connectivity index (χ4v) is 3.91. The highest BCUT2D eigenvalue weighted by Crippen LogP contribution is 2.22. The minimum atomic E-state index is 0.0146. The first kappa shape index (κ1) is 17.3. The van der Waals surface area contributed by atoms with E-state index in [1.807, 2.05) is 48.5 Å². The van der Waals surface area contributed by atoms with Crippen molar-refractivity contribution in [1.82, 2.24) is 14.7 Å². The van der Waals surface area contributed by atoms with Crippen molar-refractivity contribution in [2.45, 2.75) is 25.3 Å². The average molecular weight is 368 g/mol. The Morgan fingerprint density at radius 3 is 2.58 bits per heavy atom. The minimum absolute atomic E-state index is 0.0146. The number of piperidine rings is 1. The lowest BCUT2D eigenvalue weighted by Crippen LogP contribution is -2.39. The van der Waals surface area contributed by atoms with Gasteiger partial charge in [-0.1, -0.05) is 41.9 Å². The zero-order valence-electron chi connectivity index (χ0n) is 14.9. The van der Waals surface area contributed by atoms with Crippen LogP contribution in [-0.4, -0.2) is 34.8 Å². The lowest BCUT2D eigenvalue weighted by molar-refractivity contribution is 0.198. The summed E-state index contributed by atoms with van der Waals surface area (Å²) in [5.74, 6) is 0. The normalized spacial score (nSPS) is 18.3. The molecule has 4 nitrogen and oxygen atoms in total. The molecule has 0 N–H and O–H groups in total. The molecule has 1 saturated heterocycles. The van der Waals surface area contributed by atoms with Crippen LogP contribution in [0.15, 0.2) is 53.3 Å².